The molecule has 9 nitrogen and oxygen atoms in total. The third-order valence-electron chi connectivity index (χ3n) is 4.00. The first kappa shape index (κ1) is 22.6. The van der Waals surface area contributed by atoms with Crippen LogP contribution < -0.4 is 10.6 Å². The number of carbonyl (C=O) groups is 3. The lowest BCUT2D eigenvalue weighted by Crippen LogP contribution is -2.59. The van der Waals surface area contributed by atoms with Gasteiger partial charge in [-0.2, -0.15) is 13.2 Å². The van der Waals surface area contributed by atoms with Gasteiger partial charge < -0.3 is 10.4 Å². The molecule has 2 atom stereocenters. The summed E-state index contributed by atoms with van der Waals surface area (Å²) in [6.45, 7) is 4.09. The Morgan fingerprint density at radius 2 is 2.03 bits per heavy atom. The molecule has 3 amide bonds. The maximum absolute atomic E-state index is 12.5. The Morgan fingerprint density at radius 1 is 1.34 bits per heavy atom. The van der Waals surface area contributed by atoms with Crippen molar-refractivity contribution in [2.75, 3.05) is 11.9 Å². The van der Waals surface area contributed by atoms with Gasteiger partial charge >= 0.3 is 12.3 Å². The van der Waals surface area contributed by atoms with Crippen molar-refractivity contribution in [3.05, 3.63) is 17.2 Å². The van der Waals surface area contributed by atoms with E-state index in [1.807, 2.05) is 13.8 Å². The topological polar surface area (TPSA) is 125 Å². The van der Waals surface area contributed by atoms with Gasteiger partial charge in [-0.25, -0.2) is 4.79 Å². The molecule has 3 N–H and O–H groups in total. The highest BCUT2D eigenvalue weighted by molar-refractivity contribution is 7.15. The van der Waals surface area contributed by atoms with E-state index in [9.17, 15) is 27.6 Å². The second kappa shape index (κ2) is 9.20. The number of alkyl halides is 3. The molecule has 0 saturated carbocycles. The fraction of sp³-hybridized carbons (Fsp3) is 0.562. The Hall–Kier alpha value is -2.70. The molecule has 1 fully saturated rings. The fourth-order valence-corrected chi connectivity index (χ4v) is 3.21. The molecule has 0 unspecified atom stereocenters. The molecule has 1 aliphatic heterocycles. The van der Waals surface area contributed by atoms with Crippen molar-refractivity contribution in [1.82, 2.24) is 20.4 Å². The van der Waals surface area contributed by atoms with Gasteiger partial charge in [0.2, 0.25) is 22.0 Å². The zero-order valence-electron chi connectivity index (χ0n) is 15.6. The van der Waals surface area contributed by atoms with Crippen LogP contribution >= 0.6 is 11.3 Å². The van der Waals surface area contributed by atoms with Crippen molar-refractivity contribution in [3.8, 4) is 0 Å². The van der Waals surface area contributed by atoms with E-state index in [1.165, 1.54) is 6.08 Å². The van der Waals surface area contributed by atoms with Crippen LogP contribution in [0.2, 0.25) is 0 Å². The van der Waals surface area contributed by atoms with Crippen LogP contribution in [-0.4, -0.2) is 56.7 Å². The number of hydrogen-bond donors (Lipinski definition) is 3. The number of halogens is 3. The molecule has 1 saturated heterocycles. The summed E-state index contributed by atoms with van der Waals surface area (Å²) in [6.07, 6.45) is -2.45. The summed E-state index contributed by atoms with van der Waals surface area (Å²) in [5, 5.41) is 18.6. The number of nitrogens with zero attached hydrogens (tertiary/aromatic N) is 3. The summed E-state index contributed by atoms with van der Waals surface area (Å²) in [7, 11) is 0. The molecule has 0 bridgehead atoms. The van der Waals surface area contributed by atoms with Crippen LogP contribution in [0.4, 0.5) is 23.1 Å². The normalized spacial score (nSPS) is 17.9. The molecule has 1 aromatic heterocycles. The van der Waals surface area contributed by atoms with Crippen LogP contribution in [0, 0.1) is 5.92 Å². The summed E-state index contributed by atoms with van der Waals surface area (Å²) < 4.78 is 37.5. The lowest BCUT2D eigenvalue weighted by atomic mass is 10.00. The van der Waals surface area contributed by atoms with Crippen LogP contribution in [0.5, 0.6) is 0 Å². The van der Waals surface area contributed by atoms with E-state index in [1.54, 1.807) is 0 Å². The number of amides is 3. The van der Waals surface area contributed by atoms with Gasteiger partial charge in [0.1, 0.15) is 6.04 Å². The Kier molecular flexibility index (Phi) is 7.16. The van der Waals surface area contributed by atoms with E-state index < -0.39 is 41.2 Å². The van der Waals surface area contributed by atoms with Gasteiger partial charge in [0, 0.05) is 18.7 Å². The highest BCUT2D eigenvalue weighted by Gasteiger charge is 2.38. The summed E-state index contributed by atoms with van der Waals surface area (Å²) in [5.41, 5.74) is 0. The predicted molar refractivity (Wildman–Crippen MR) is 97.2 cm³/mol. The fourth-order valence-electron chi connectivity index (χ4n) is 2.60. The molecule has 29 heavy (non-hydrogen) atoms. The third-order valence-corrected chi connectivity index (χ3v) is 4.88. The zero-order valence-corrected chi connectivity index (χ0v) is 16.4. The number of carboxylic acid groups (broad SMARTS) is 1. The SMILES string of the molecule is CC(C)C[C@@H](C=CC(=O)Nc1nnc(C(F)(F)F)s1)NC(=O)[C@@H]1CCN1C(=O)O. The smallest absolute Gasteiger partial charge is 0.445 e. The number of hydrogen-bond acceptors (Lipinski definition) is 6. The van der Waals surface area contributed by atoms with Crippen LogP contribution in [0.3, 0.4) is 0 Å². The second-order valence-electron chi connectivity index (χ2n) is 6.78. The molecule has 0 radical (unpaired) electrons. The minimum atomic E-state index is -4.64. The third kappa shape index (κ3) is 6.41. The number of rotatable bonds is 7. The monoisotopic (exact) mass is 435 g/mol. The second-order valence-corrected chi connectivity index (χ2v) is 7.76. The first-order chi connectivity index (χ1) is 13.5. The Labute approximate surface area is 168 Å². The molecule has 0 aromatic carbocycles. The van der Waals surface area contributed by atoms with Gasteiger partial charge in [-0.1, -0.05) is 31.3 Å². The number of carbonyl (C=O) groups excluding carboxylic acids is 2. The molecule has 0 spiro atoms. The molecule has 1 aromatic rings. The molecule has 13 heteroatoms. The number of aromatic nitrogens is 2. The van der Waals surface area contributed by atoms with Crippen molar-refractivity contribution in [2.45, 2.75) is 44.9 Å². The predicted octanol–water partition coefficient (Wildman–Crippen LogP) is 2.33. The molecule has 160 valence electrons. The van der Waals surface area contributed by atoms with Gasteiger partial charge in [-0.05, 0) is 18.8 Å². The number of anilines is 1. The number of nitrogens with one attached hydrogen (secondary N) is 2. The minimum absolute atomic E-state index is 0.155. The standard InChI is InChI=1S/C16H20F3N5O4S/c1-8(2)7-9(20-12(26)10-5-6-24(10)15(27)28)3-4-11(25)21-14-23-22-13(29-14)16(17,18)19/h3-4,8-10H,5-7H2,1-2H3,(H,20,26)(H,27,28)(H,21,23,25)/t9-,10+/m1/s1. The maximum Gasteiger partial charge on any atom is 0.445 e. The highest BCUT2D eigenvalue weighted by Crippen LogP contribution is 2.32. The molecule has 1 aliphatic rings. The van der Waals surface area contributed by atoms with Crippen LogP contribution in [-0.2, 0) is 15.8 Å². The molecule has 2 heterocycles. The van der Waals surface area contributed by atoms with Gasteiger partial charge in [0.25, 0.3) is 0 Å². The van der Waals surface area contributed by atoms with E-state index >= 15 is 0 Å². The van der Waals surface area contributed by atoms with Gasteiger partial charge in [0.05, 0.1) is 0 Å². The van der Waals surface area contributed by atoms with Crippen LogP contribution in [0.1, 0.15) is 31.7 Å². The summed E-state index contributed by atoms with van der Waals surface area (Å²) in [4.78, 5) is 36.3. The lowest BCUT2D eigenvalue weighted by Gasteiger charge is -2.38. The van der Waals surface area contributed by atoms with Crippen molar-refractivity contribution in [3.63, 3.8) is 0 Å². The number of likely N-dealkylation sites (tertiary alicyclic amines) is 1. The van der Waals surface area contributed by atoms with Gasteiger partial charge in [-0.15, -0.1) is 10.2 Å². The van der Waals surface area contributed by atoms with Crippen molar-refractivity contribution in [2.24, 2.45) is 5.92 Å². The van der Waals surface area contributed by atoms with Gasteiger partial charge in [-0.3, -0.25) is 19.8 Å². The summed E-state index contributed by atoms with van der Waals surface area (Å²) in [5.74, 6) is -1.04. The van der Waals surface area contributed by atoms with E-state index in [0.29, 0.717) is 12.8 Å². The Balaban J connectivity index is 1.96. The average Bonchev–Trinajstić information content (AvgIpc) is 2.99. The quantitative estimate of drug-likeness (QED) is 0.565. The van der Waals surface area contributed by atoms with Crippen molar-refractivity contribution >= 4 is 34.4 Å². The van der Waals surface area contributed by atoms with E-state index in [-0.39, 0.29) is 28.9 Å². The molecular formula is C16H20F3N5O4S. The van der Waals surface area contributed by atoms with Crippen LogP contribution in [0.25, 0.3) is 0 Å². The highest BCUT2D eigenvalue weighted by atomic mass is 32.1. The van der Waals surface area contributed by atoms with Crippen molar-refractivity contribution < 1.29 is 32.7 Å². The summed E-state index contributed by atoms with van der Waals surface area (Å²) in [6, 6.07) is -1.32. The Morgan fingerprint density at radius 3 is 2.52 bits per heavy atom. The Bertz CT molecular complexity index is 796. The molecule has 0 aliphatic carbocycles. The first-order valence-electron chi connectivity index (χ1n) is 8.67. The molecular weight excluding hydrogens is 415 g/mol. The maximum atomic E-state index is 12.5. The van der Waals surface area contributed by atoms with E-state index in [2.05, 4.69) is 20.8 Å². The van der Waals surface area contributed by atoms with Crippen molar-refractivity contribution in [1.29, 1.82) is 0 Å². The zero-order chi connectivity index (χ0) is 21.8. The lowest BCUT2D eigenvalue weighted by molar-refractivity contribution is -0.138. The van der Waals surface area contributed by atoms with Crippen LogP contribution in [0.15, 0.2) is 12.2 Å². The largest absolute Gasteiger partial charge is 0.465 e. The molecule has 2 rings (SSSR count). The first-order valence-corrected chi connectivity index (χ1v) is 9.49. The van der Waals surface area contributed by atoms with E-state index in [0.717, 1.165) is 11.0 Å². The minimum Gasteiger partial charge on any atom is -0.465 e. The summed E-state index contributed by atoms with van der Waals surface area (Å²) >= 11 is 0.197. The van der Waals surface area contributed by atoms with E-state index in [4.69, 9.17) is 5.11 Å². The average molecular weight is 435 g/mol. The van der Waals surface area contributed by atoms with Gasteiger partial charge in [0.15, 0.2) is 0 Å².